The molecule has 0 atom stereocenters. The van der Waals surface area contributed by atoms with Crippen LogP contribution in [0.25, 0.3) is 27.8 Å². The molecule has 0 aliphatic rings. The third-order valence-electron chi connectivity index (χ3n) is 6.25. The van der Waals surface area contributed by atoms with E-state index in [4.69, 9.17) is 14.8 Å². The van der Waals surface area contributed by atoms with Crippen LogP contribution in [0, 0.1) is 34.6 Å². The molecule has 5 rings (SSSR count). The molecule has 3 aromatic heterocycles. The van der Waals surface area contributed by atoms with E-state index in [0.717, 1.165) is 45.9 Å². The topological polar surface area (TPSA) is 44.3 Å². The first-order valence-corrected chi connectivity index (χ1v) is 10.9. The Kier molecular flexibility index (Phi) is 4.77. The van der Waals surface area contributed by atoms with Crippen LogP contribution in [0.15, 0.2) is 48.7 Å². The van der Waals surface area contributed by atoms with Crippen LogP contribution in [0.5, 0.6) is 5.75 Å². The zero-order chi connectivity index (χ0) is 22.6. The van der Waals surface area contributed by atoms with Crippen LogP contribution in [0.2, 0.25) is 0 Å². The van der Waals surface area contributed by atoms with E-state index in [1.54, 1.807) is 7.11 Å². The summed E-state index contributed by atoms with van der Waals surface area (Å²) >= 11 is 0. The van der Waals surface area contributed by atoms with Crippen LogP contribution >= 0.6 is 0 Å². The number of aromatic nitrogens is 4. The van der Waals surface area contributed by atoms with E-state index in [0.29, 0.717) is 0 Å². The number of ether oxygens (including phenoxy) is 1. The Morgan fingerprint density at radius 1 is 0.875 bits per heavy atom. The van der Waals surface area contributed by atoms with Gasteiger partial charge in [0.25, 0.3) is 0 Å². The van der Waals surface area contributed by atoms with Crippen molar-refractivity contribution in [2.24, 2.45) is 0 Å². The maximum Gasteiger partial charge on any atom is 0.165 e. The Balaban J connectivity index is 1.76. The number of hydrogen-bond acceptors (Lipinski definition) is 3. The van der Waals surface area contributed by atoms with Gasteiger partial charge in [-0.15, -0.1) is 0 Å². The van der Waals surface area contributed by atoms with Crippen molar-refractivity contribution in [3.8, 4) is 16.9 Å². The molecule has 0 amide bonds. The van der Waals surface area contributed by atoms with Gasteiger partial charge in [-0.2, -0.15) is 9.61 Å². The van der Waals surface area contributed by atoms with Crippen molar-refractivity contribution in [2.45, 2.75) is 41.2 Å². The Hall–Kier alpha value is -3.60. The second-order valence-electron chi connectivity index (χ2n) is 8.70. The lowest BCUT2D eigenvalue weighted by Gasteiger charge is -2.12. The molecule has 0 aliphatic heterocycles. The van der Waals surface area contributed by atoms with Crippen molar-refractivity contribution < 1.29 is 4.74 Å². The SMILES string of the molecule is COc1cccc(Cn2ccc3c(C)nc4c(-c5c(C)cc(C)cc5C)c(C)nn4c32)c1. The van der Waals surface area contributed by atoms with Crippen molar-refractivity contribution in [3.63, 3.8) is 0 Å². The van der Waals surface area contributed by atoms with Crippen molar-refractivity contribution in [1.29, 1.82) is 0 Å². The Morgan fingerprint density at radius 3 is 2.34 bits per heavy atom. The standard InChI is InChI=1S/C27H28N4O/c1-16-12-17(2)24(18(3)13-16)25-20(5)29-31-26(25)28-19(4)23-10-11-30(27(23)31)15-21-8-7-9-22(14-21)32-6/h7-14H,15H2,1-6H3. The monoisotopic (exact) mass is 424 g/mol. The van der Waals surface area contributed by atoms with Gasteiger partial charge in [0.15, 0.2) is 5.65 Å². The third kappa shape index (κ3) is 3.16. The highest BCUT2D eigenvalue weighted by atomic mass is 16.5. The molecule has 2 aromatic carbocycles. The smallest absolute Gasteiger partial charge is 0.165 e. The minimum absolute atomic E-state index is 0.732. The molecule has 0 fully saturated rings. The van der Waals surface area contributed by atoms with Gasteiger partial charge >= 0.3 is 0 Å². The number of fused-ring (bicyclic) bond motifs is 3. The van der Waals surface area contributed by atoms with E-state index in [1.807, 2.05) is 16.6 Å². The highest BCUT2D eigenvalue weighted by Crippen LogP contribution is 2.35. The largest absolute Gasteiger partial charge is 0.497 e. The van der Waals surface area contributed by atoms with Crippen LogP contribution in [-0.2, 0) is 6.54 Å². The summed E-state index contributed by atoms with van der Waals surface area (Å²) in [6, 6.07) is 14.8. The predicted octanol–water partition coefficient (Wildman–Crippen LogP) is 5.95. The van der Waals surface area contributed by atoms with Gasteiger partial charge in [-0.3, -0.25) is 0 Å². The first kappa shape index (κ1) is 20.3. The second-order valence-corrected chi connectivity index (χ2v) is 8.70. The van der Waals surface area contributed by atoms with Crippen LogP contribution in [0.3, 0.4) is 0 Å². The number of methoxy groups -OCH3 is 1. The highest BCUT2D eigenvalue weighted by molar-refractivity contribution is 5.89. The Morgan fingerprint density at radius 2 is 1.62 bits per heavy atom. The van der Waals surface area contributed by atoms with Crippen LogP contribution < -0.4 is 4.74 Å². The summed E-state index contributed by atoms with van der Waals surface area (Å²) in [5.74, 6) is 0.865. The number of rotatable bonds is 4. The minimum atomic E-state index is 0.732. The minimum Gasteiger partial charge on any atom is -0.497 e. The Bertz CT molecular complexity index is 1470. The lowest BCUT2D eigenvalue weighted by atomic mass is 9.94. The molecule has 3 heterocycles. The van der Waals surface area contributed by atoms with E-state index in [1.165, 1.54) is 27.8 Å². The molecule has 0 saturated heterocycles. The van der Waals surface area contributed by atoms with E-state index in [9.17, 15) is 0 Å². The summed E-state index contributed by atoms with van der Waals surface area (Å²) in [6.07, 6.45) is 2.12. The second kappa shape index (κ2) is 7.52. The quantitative estimate of drug-likeness (QED) is 0.358. The normalized spacial score (nSPS) is 11.6. The van der Waals surface area contributed by atoms with Crippen LogP contribution in [0.4, 0.5) is 0 Å². The fraction of sp³-hybridized carbons (Fsp3) is 0.259. The lowest BCUT2D eigenvalue weighted by molar-refractivity contribution is 0.414. The predicted molar refractivity (Wildman–Crippen MR) is 130 cm³/mol. The summed E-state index contributed by atoms with van der Waals surface area (Å²) in [5, 5.41) is 6.10. The van der Waals surface area contributed by atoms with Gasteiger partial charge < -0.3 is 9.30 Å². The molecule has 32 heavy (non-hydrogen) atoms. The maximum absolute atomic E-state index is 5.41. The lowest BCUT2D eigenvalue weighted by Crippen LogP contribution is -2.05. The van der Waals surface area contributed by atoms with E-state index in [-0.39, 0.29) is 0 Å². The molecule has 0 unspecified atom stereocenters. The van der Waals surface area contributed by atoms with Gasteiger partial charge in [-0.25, -0.2) is 4.98 Å². The van der Waals surface area contributed by atoms with Gasteiger partial charge in [0, 0.05) is 18.1 Å². The summed E-state index contributed by atoms with van der Waals surface area (Å²) in [7, 11) is 1.70. The maximum atomic E-state index is 5.41. The van der Waals surface area contributed by atoms with E-state index >= 15 is 0 Å². The Labute approximate surface area is 188 Å². The number of hydrogen-bond donors (Lipinski definition) is 0. The zero-order valence-corrected chi connectivity index (χ0v) is 19.5. The fourth-order valence-corrected chi connectivity index (χ4v) is 4.93. The first-order chi connectivity index (χ1) is 15.4. The average Bonchev–Trinajstić information content (AvgIpc) is 3.30. The average molecular weight is 425 g/mol. The summed E-state index contributed by atoms with van der Waals surface area (Å²) in [4.78, 5) is 5.02. The highest BCUT2D eigenvalue weighted by Gasteiger charge is 2.21. The molecule has 0 spiro atoms. The molecular formula is C27H28N4O. The first-order valence-electron chi connectivity index (χ1n) is 10.9. The van der Waals surface area contributed by atoms with Crippen molar-refractivity contribution in [1.82, 2.24) is 19.2 Å². The van der Waals surface area contributed by atoms with E-state index in [2.05, 4.69) is 75.7 Å². The van der Waals surface area contributed by atoms with E-state index < -0.39 is 0 Å². The van der Waals surface area contributed by atoms with Gasteiger partial charge in [0.1, 0.15) is 11.4 Å². The van der Waals surface area contributed by atoms with Crippen molar-refractivity contribution in [3.05, 3.63) is 82.3 Å². The summed E-state index contributed by atoms with van der Waals surface area (Å²) in [6.45, 7) is 11.4. The van der Waals surface area contributed by atoms with Gasteiger partial charge in [-0.05, 0) is 75.1 Å². The molecule has 0 radical (unpaired) electrons. The summed E-state index contributed by atoms with van der Waals surface area (Å²) < 4.78 is 9.68. The molecule has 0 N–H and O–H groups in total. The van der Waals surface area contributed by atoms with Crippen molar-refractivity contribution in [2.75, 3.05) is 7.11 Å². The summed E-state index contributed by atoms with van der Waals surface area (Å²) in [5.41, 5.74) is 11.3. The van der Waals surface area contributed by atoms with Crippen molar-refractivity contribution >= 4 is 16.7 Å². The number of aryl methyl sites for hydroxylation is 5. The van der Waals surface area contributed by atoms with Gasteiger partial charge in [0.05, 0.1) is 24.1 Å². The van der Waals surface area contributed by atoms with Gasteiger partial charge in [0.2, 0.25) is 0 Å². The zero-order valence-electron chi connectivity index (χ0n) is 19.5. The van der Waals surface area contributed by atoms with Crippen LogP contribution in [0.1, 0.15) is 33.6 Å². The number of nitrogens with zero attached hydrogens (tertiary/aromatic N) is 4. The molecule has 5 nitrogen and oxygen atoms in total. The number of benzene rings is 2. The molecule has 162 valence electrons. The fourth-order valence-electron chi connectivity index (χ4n) is 4.93. The molecule has 5 heteroatoms. The molecule has 0 bridgehead atoms. The molecular weight excluding hydrogens is 396 g/mol. The molecule has 0 aliphatic carbocycles. The third-order valence-corrected chi connectivity index (χ3v) is 6.25. The van der Waals surface area contributed by atoms with Gasteiger partial charge in [-0.1, -0.05) is 29.8 Å². The molecule has 0 saturated carbocycles. The molecule has 5 aromatic rings. The van der Waals surface area contributed by atoms with Crippen LogP contribution in [-0.4, -0.2) is 26.3 Å².